The molecule has 0 aromatic heterocycles. The Kier molecular flexibility index (Phi) is 21.9. The van der Waals surface area contributed by atoms with Crippen LogP contribution in [0.5, 0.6) is 5.75 Å². The van der Waals surface area contributed by atoms with Gasteiger partial charge in [-0.05, 0) is 36.1 Å². The molecule has 2 N–H and O–H groups in total. The van der Waals surface area contributed by atoms with Gasteiger partial charge >= 0.3 is 5.97 Å². The summed E-state index contributed by atoms with van der Waals surface area (Å²) in [7, 11) is 0.0664. The van der Waals surface area contributed by atoms with Crippen molar-refractivity contribution in [3.05, 3.63) is 96.4 Å². The van der Waals surface area contributed by atoms with Crippen LogP contribution in [0.2, 0.25) is 0 Å². The van der Waals surface area contributed by atoms with Gasteiger partial charge in [0.25, 0.3) is 0 Å². The molecule has 0 saturated heterocycles. The molecule has 0 radical (unpaired) electrons. The molecule has 3 rings (SSSR count). The predicted molar refractivity (Wildman–Crippen MR) is 173 cm³/mol. The van der Waals surface area contributed by atoms with E-state index >= 15 is 0 Å². The predicted octanol–water partition coefficient (Wildman–Crippen LogP) is 8.68. The van der Waals surface area contributed by atoms with E-state index in [0.29, 0.717) is 5.75 Å². The number of halogens is 1. The number of allylic oxidation sites excluding steroid dienone is 4. The number of hydrogen-bond donors (Lipinski definition) is 2. The number of benzene rings is 2. The molecule has 5 nitrogen and oxygen atoms in total. The molecule has 0 amide bonds. The first kappa shape index (κ1) is 38.0. The highest BCUT2D eigenvalue weighted by Crippen LogP contribution is 2.17. The number of rotatable bonds is 10. The van der Waals surface area contributed by atoms with Crippen LogP contribution in [0.4, 0.5) is 4.39 Å². The molecule has 0 aliphatic heterocycles. The van der Waals surface area contributed by atoms with Gasteiger partial charge in [-0.2, -0.15) is 0 Å². The lowest BCUT2D eigenvalue weighted by molar-refractivity contribution is -0.140. The summed E-state index contributed by atoms with van der Waals surface area (Å²) in [4.78, 5) is 11.1. The average molecular weight is 588 g/mol. The summed E-state index contributed by atoms with van der Waals surface area (Å²) in [5.41, 5.74) is 3.18. The third kappa shape index (κ3) is 18.1. The SMILES string of the molecule is C1CCCCC1.C=C/C=C(\C=C/CS(=O)NC(C(=O)O)C(C)C)c1ccc(C)cc1.CC.COc1cccc(F)c1. The van der Waals surface area contributed by atoms with Crippen LogP contribution >= 0.6 is 0 Å². The molecule has 0 heterocycles. The van der Waals surface area contributed by atoms with Crippen molar-refractivity contribution in [1.82, 2.24) is 4.72 Å². The Morgan fingerprint density at radius 2 is 1.63 bits per heavy atom. The van der Waals surface area contributed by atoms with Gasteiger partial charge in [-0.1, -0.05) is 133 Å². The van der Waals surface area contributed by atoms with Crippen LogP contribution in [0.15, 0.2) is 79.4 Å². The lowest BCUT2D eigenvalue weighted by Crippen LogP contribution is -2.42. The molecule has 1 fully saturated rings. The second-order valence-electron chi connectivity index (χ2n) is 9.60. The standard InChI is InChI=1S/C19H25NO3S.C7H7FO.C6H12.C2H6/c1-5-7-16(17-11-9-15(4)10-12-17)8-6-13-24(23)20-18(14(2)3)19(21)22;1-9-7-4-2-3-6(8)5-7;1-2-4-6-5-3-1;1-2/h5-12,14,18,20H,1,13H2,2-4H3,(H,21,22);2-5H,1H3;1-6H2;1-2H3/b8-6-,16-7+;;;. The molecule has 2 aromatic rings. The summed E-state index contributed by atoms with van der Waals surface area (Å²) >= 11 is 0. The number of aliphatic carboxylic acids is 1. The van der Waals surface area contributed by atoms with Crippen LogP contribution in [0.3, 0.4) is 0 Å². The van der Waals surface area contributed by atoms with E-state index in [2.05, 4.69) is 11.3 Å². The first-order valence-electron chi connectivity index (χ1n) is 14.4. The maximum absolute atomic E-state index is 12.3. The zero-order valence-corrected chi connectivity index (χ0v) is 26.5. The van der Waals surface area contributed by atoms with Gasteiger partial charge in [-0.3, -0.25) is 4.79 Å². The Morgan fingerprint density at radius 3 is 2.05 bits per heavy atom. The largest absolute Gasteiger partial charge is 0.497 e. The van der Waals surface area contributed by atoms with Crippen LogP contribution in [-0.2, 0) is 15.8 Å². The van der Waals surface area contributed by atoms with Gasteiger partial charge < -0.3 is 9.84 Å². The quantitative estimate of drug-likeness (QED) is 0.273. The number of hydrogen-bond acceptors (Lipinski definition) is 3. The van der Waals surface area contributed by atoms with Crippen molar-refractivity contribution in [2.45, 2.75) is 79.2 Å². The molecule has 2 atom stereocenters. The fourth-order valence-electron chi connectivity index (χ4n) is 3.70. The number of aryl methyl sites for hydroxylation is 1. The summed E-state index contributed by atoms with van der Waals surface area (Å²) in [6.07, 6.45) is 16.2. The Labute approximate surface area is 250 Å². The van der Waals surface area contributed by atoms with E-state index in [-0.39, 0.29) is 17.5 Å². The van der Waals surface area contributed by atoms with Gasteiger partial charge in [0, 0.05) is 6.07 Å². The minimum atomic E-state index is -1.44. The Balaban J connectivity index is 0.000000756. The maximum Gasteiger partial charge on any atom is 0.321 e. The van der Waals surface area contributed by atoms with E-state index in [9.17, 15) is 13.4 Å². The van der Waals surface area contributed by atoms with E-state index in [4.69, 9.17) is 9.84 Å². The zero-order chi connectivity index (χ0) is 31.0. The summed E-state index contributed by atoms with van der Waals surface area (Å²) in [6, 6.07) is 13.3. The molecule has 2 unspecified atom stereocenters. The van der Waals surface area contributed by atoms with Gasteiger partial charge in [-0.25, -0.2) is 13.3 Å². The van der Waals surface area contributed by atoms with Crippen LogP contribution < -0.4 is 9.46 Å². The normalized spacial score (nSPS) is 14.3. The van der Waals surface area contributed by atoms with Gasteiger partial charge in [-0.15, -0.1) is 0 Å². The lowest BCUT2D eigenvalue weighted by Gasteiger charge is -2.16. The summed E-state index contributed by atoms with van der Waals surface area (Å²) < 4.78 is 31.7. The van der Waals surface area contributed by atoms with E-state index in [0.717, 1.165) is 11.1 Å². The fourth-order valence-corrected chi connectivity index (χ4v) is 4.72. The summed E-state index contributed by atoms with van der Waals surface area (Å²) in [6.45, 7) is 13.3. The first-order valence-corrected chi connectivity index (χ1v) is 15.7. The number of methoxy groups -OCH3 is 1. The van der Waals surface area contributed by atoms with Crippen LogP contribution in [0.25, 0.3) is 5.57 Å². The van der Waals surface area contributed by atoms with Crippen molar-refractivity contribution < 1.29 is 23.2 Å². The highest BCUT2D eigenvalue weighted by Gasteiger charge is 2.22. The van der Waals surface area contributed by atoms with E-state index in [1.54, 1.807) is 38.1 Å². The lowest BCUT2D eigenvalue weighted by atomic mass is 10.0. The highest BCUT2D eigenvalue weighted by atomic mass is 32.2. The topological polar surface area (TPSA) is 75.6 Å². The number of ether oxygens (including phenoxy) is 1. The monoisotopic (exact) mass is 587 g/mol. The average Bonchev–Trinajstić information content (AvgIpc) is 2.98. The second-order valence-corrected chi connectivity index (χ2v) is 10.9. The molecule has 1 saturated carbocycles. The Bertz CT molecular complexity index is 1060. The molecule has 2 aromatic carbocycles. The number of nitrogens with one attached hydrogen (secondary N) is 1. The Hall–Kier alpha value is -3.03. The molecular formula is C34H50FNO4S. The summed E-state index contributed by atoms with van der Waals surface area (Å²) in [5.74, 6) is -0.616. The minimum absolute atomic E-state index is 0.140. The maximum atomic E-state index is 12.3. The van der Waals surface area contributed by atoms with Crippen LogP contribution in [-0.4, -0.2) is 34.2 Å². The van der Waals surface area contributed by atoms with E-state index in [1.165, 1.54) is 63.3 Å². The van der Waals surface area contributed by atoms with E-state index in [1.807, 2.05) is 57.2 Å². The number of carboxylic acid groups (broad SMARTS) is 1. The van der Waals surface area contributed by atoms with Gasteiger partial charge in [0.05, 0.1) is 23.8 Å². The molecule has 0 spiro atoms. The molecule has 0 bridgehead atoms. The summed E-state index contributed by atoms with van der Waals surface area (Å²) in [5, 5.41) is 9.11. The highest BCUT2D eigenvalue weighted by molar-refractivity contribution is 7.83. The van der Waals surface area contributed by atoms with Crippen molar-refractivity contribution in [3.8, 4) is 5.75 Å². The molecule has 41 heavy (non-hydrogen) atoms. The van der Waals surface area contributed by atoms with Crippen molar-refractivity contribution in [1.29, 1.82) is 0 Å². The van der Waals surface area contributed by atoms with Gasteiger partial charge in [0.1, 0.15) is 17.6 Å². The fraction of sp³-hybridized carbons (Fsp3) is 0.441. The van der Waals surface area contributed by atoms with Gasteiger partial charge in [0.2, 0.25) is 0 Å². The van der Waals surface area contributed by atoms with E-state index < -0.39 is 23.0 Å². The van der Waals surface area contributed by atoms with Crippen LogP contribution in [0.1, 0.15) is 77.3 Å². The molecular weight excluding hydrogens is 537 g/mol. The molecule has 1 aliphatic rings. The number of carboxylic acids is 1. The minimum Gasteiger partial charge on any atom is -0.497 e. The number of carbonyl (C=O) groups is 1. The van der Waals surface area contributed by atoms with Crippen molar-refractivity contribution in [3.63, 3.8) is 0 Å². The van der Waals surface area contributed by atoms with Crippen molar-refractivity contribution >= 4 is 22.5 Å². The molecule has 228 valence electrons. The zero-order valence-electron chi connectivity index (χ0n) is 25.7. The smallest absolute Gasteiger partial charge is 0.321 e. The molecule has 7 heteroatoms. The Morgan fingerprint density at radius 1 is 1.07 bits per heavy atom. The van der Waals surface area contributed by atoms with Gasteiger partial charge in [0.15, 0.2) is 0 Å². The van der Waals surface area contributed by atoms with Crippen molar-refractivity contribution in [2.24, 2.45) is 5.92 Å². The second kappa shape index (κ2) is 23.7. The first-order chi connectivity index (χ1) is 19.7. The molecule has 1 aliphatic carbocycles. The third-order valence-electron chi connectivity index (χ3n) is 5.95. The van der Waals surface area contributed by atoms with Crippen LogP contribution in [0, 0.1) is 18.7 Å². The van der Waals surface area contributed by atoms with Crippen molar-refractivity contribution in [2.75, 3.05) is 12.9 Å². The third-order valence-corrected chi connectivity index (χ3v) is 6.96.